The van der Waals surface area contributed by atoms with Gasteiger partial charge in [-0.25, -0.2) is 0 Å². The van der Waals surface area contributed by atoms with E-state index in [1.54, 1.807) is 0 Å². The molecule has 0 saturated carbocycles. The van der Waals surface area contributed by atoms with Crippen LogP contribution in [0, 0.1) is 0 Å². The van der Waals surface area contributed by atoms with Crippen LogP contribution in [0.25, 0.3) is 0 Å². The van der Waals surface area contributed by atoms with Gasteiger partial charge in [-0.15, -0.1) is 12.4 Å². The number of hydrogen-bond donors (Lipinski definition) is 2. The molecule has 10 heteroatoms. The number of nitrogens with two attached hydrogens (primary N) is 1. The van der Waals surface area contributed by atoms with Crippen LogP contribution in [0.3, 0.4) is 0 Å². The summed E-state index contributed by atoms with van der Waals surface area (Å²) in [7, 11) is 0. The molecule has 2 aliphatic rings. The van der Waals surface area contributed by atoms with E-state index in [-0.39, 0.29) is 31.5 Å². The molecule has 2 amide bonds. The smallest absolute Gasteiger partial charge is 0.364 e. The van der Waals surface area contributed by atoms with Gasteiger partial charge in [0.1, 0.15) is 18.7 Å². The first-order valence-electron chi connectivity index (χ1n) is 6.81. The molecule has 3 atom stereocenters. The number of nitrogens with one attached hydrogen (secondary N) is 1. The first-order valence-corrected chi connectivity index (χ1v) is 6.81. The summed E-state index contributed by atoms with van der Waals surface area (Å²) < 4.78 is 42.2. The number of rotatable bonds is 4. The van der Waals surface area contributed by atoms with Gasteiger partial charge in [0.25, 0.3) is 0 Å². The molecule has 6 nitrogen and oxygen atoms in total. The number of likely N-dealkylation sites (tertiary alicyclic amines) is 1. The number of nitrogens with zero attached hydrogens (tertiary/aromatic N) is 1. The average Bonchev–Trinajstić information content (AvgIpc) is 2.99. The van der Waals surface area contributed by atoms with Crippen molar-refractivity contribution in [1.29, 1.82) is 0 Å². The lowest BCUT2D eigenvalue weighted by atomic mass is 10.1. The van der Waals surface area contributed by atoms with Gasteiger partial charge in [0.2, 0.25) is 11.8 Å². The minimum absolute atomic E-state index is 0. The number of amides is 2. The molecule has 0 bridgehead atoms. The van der Waals surface area contributed by atoms with Crippen LogP contribution in [-0.2, 0) is 14.3 Å². The summed E-state index contributed by atoms with van der Waals surface area (Å²) in [6, 6.07) is -0.902. The minimum Gasteiger partial charge on any atom is -0.364 e. The molecular formula is C12H19ClF3N3O3. The van der Waals surface area contributed by atoms with Crippen molar-refractivity contribution in [3.05, 3.63) is 0 Å². The fraction of sp³-hybridized carbons (Fsp3) is 0.833. The van der Waals surface area contributed by atoms with Crippen LogP contribution >= 0.6 is 12.4 Å². The second-order valence-corrected chi connectivity index (χ2v) is 5.28. The second-order valence-electron chi connectivity index (χ2n) is 5.28. The zero-order valence-electron chi connectivity index (χ0n) is 11.8. The van der Waals surface area contributed by atoms with Crippen molar-refractivity contribution in [2.75, 3.05) is 19.6 Å². The van der Waals surface area contributed by atoms with Gasteiger partial charge >= 0.3 is 6.18 Å². The maximum Gasteiger partial charge on any atom is 0.406 e. The van der Waals surface area contributed by atoms with Crippen molar-refractivity contribution in [3.8, 4) is 0 Å². The number of halogens is 4. The Morgan fingerprint density at radius 2 is 2.05 bits per heavy atom. The number of alkyl halides is 3. The molecule has 3 N–H and O–H groups in total. The Bertz CT molecular complexity index is 422. The number of carbonyl (C=O) groups excluding carboxylic acids is 2. The van der Waals surface area contributed by atoms with Gasteiger partial charge < -0.3 is 20.7 Å². The van der Waals surface area contributed by atoms with E-state index in [2.05, 4.69) is 5.32 Å². The highest BCUT2D eigenvalue weighted by Gasteiger charge is 2.41. The molecule has 1 unspecified atom stereocenters. The lowest BCUT2D eigenvalue weighted by Crippen LogP contribution is -2.47. The van der Waals surface area contributed by atoms with Crippen molar-refractivity contribution < 1.29 is 27.5 Å². The molecular weight excluding hydrogens is 327 g/mol. The first-order chi connectivity index (χ1) is 9.80. The lowest BCUT2D eigenvalue weighted by Gasteiger charge is -2.19. The Kier molecular flexibility index (Phi) is 6.45. The zero-order valence-corrected chi connectivity index (χ0v) is 12.6. The number of hydrogen-bond acceptors (Lipinski definition) is 4. The third-order valence-electron chi connectivity index (χ3n) is 3.65. The molecule has 2 aliphatic heterocycles. The first kappa shape index (κ1) is 19.0. The third-order valence-corrected chi connectivity index (χ3v) is 3.65. The Labute approximate surface area is 131 Å². The van der Waals surface area contributed by atoms with Crippen molar-refractivity contribution in [1.82, 2.24) is 10.2 Å². The molecule has 128 valence electrons. The van der Waals surface area contributed by atoms with Gasteiger partial charge in [-0.1, -0.05) is 0 Å². The fourth-order valence-corrected chi connectivity index (χ4v) is 2.58. The highest BCUT2D eigenvalue weighted by Crippen LogP contribution is 2.22. The van der Waals surface area contributed by atoms with Crippen molar-refractivity contribution >= 4 is 24.2 Å². The average molecular weight is 346 g/mol. The Balaban J connectivity index is 0.00000242. The molecule has 22 heavy (non-hydrogen) atoms. The van der Waals surface area contributed by atoms with Gasteiger partial charge in [0, 0.05) is 13.1 Å². The Hall–Kier alpha value is -1.06. The molecule has 2 fully saturated rings. The van der Waals surface area contributed by atoms with E-state index in [0.29, 0.717) is 24.3 Å². The summed E-state index contributed by atoms with van der Waals surface area (Å²) in [5.74, 6) is -1.16. The normalized spacial score (nSPS) is 28.6. The predicted molar refractivity (Wildman–Crippen MR) is 73.4 cm³/mol. The molecule has 2 saturated heterocycles. The van der Waals surface area contributed by atoms with Crippen LogP contribution in [-0.4, -0.2) is 60.8 Å². The van der Waals surface area contributed by atoms with E-state index in [1.807, 2.05) is 0 Å². The topological polar surface area (TPSA) is 84.7 Å². The van der Waals surface area contributed by atoms with Gasteiger partial charge in [0.05, 0.1) is 6.10 Å². The predicted octanol–water partition coefficient (Wildman–Crippen LogP) is 0.194. The van der Waals surface area contributed by atoms with Crippen molar-refractivity contribution in [2.45, 2.75) is 43.7 Å². The van der Waals surface area contributed by atoms with E-state index >= 15 is 0 Å². The van der Waals surface area contributed by atoms with E-state index in [1.165, 1.54) is 0 Å². The summed E-state index contributed by atoms with van der Waals surface area (Å²) >= 11 is 0. The highest BCUT2D eigenvalue weighted by molar-refractivity contribution is 5.90. The summed E-state index contributed by atoms with van der Waals surface area (Å²) in [6.45, 7) is -0.987. The zero-order chi connectivity index (χ0) is 15.6. The van der Waals surface area contributed by atoms with Gasteiger partial charge in [0.15, 0.2) is 0 Å². The molecule has 0 aromatic heterocycles. The van der Waals surface area contributed by atoms with Crippen molar-refractivity contribution in [2.24, 2.45) is 5.73 Å². The van der Waals surface area contributed by atoms with Crippen LogP contribution in [0.5, 0.6) is 0 Å². The quantitative estimate of drug-likeness (QED) is 0.762. The molecule has 0 radical (unpaired) electrons. The lowest BCUT2D eigenvalue weighted by molar-refractivity contribution is -0.158. The number of ether oxygens (including phenoxy) is 1. The third kappa shape index (κ3) is 4.72. The van der Waals surface area contributed by atoms with Crippen LogP contribution in [0.15, 0.2) is 0 Å². The van der Waals surface area contributed by atoms with Crippen LogP contribution in [0.2, 0.25) is 0 Å². The summed E-state index contributed by atoms with van der Waals surface area (Å²) in [6.07, 6.45) is -3.95. The van der Waals surface area contributed by atoms with Crippen LogP contribution in [0.4, 0.5) is 13.2 Å². The second kappa shape index (κ2) is 7.47. The SMILES string of the molecule is Cl.NC[C@H]1CC[C@@H](C(=O)NC2CCN(CC(F)(F)F)C2=O)O1. The number of carbonyl (C=O) groups is 2. The fourth-order valence-electron chi connectivity index (χ4n) is 2.58. The molecule has 0 spiro atoms. The molecule has 0 aromatic carbocycles. The molecule has 2 rings (SSSR count). The molecule has 0 aromatic rings. The highest BCUT2D eigenvalue weighted by atomic mass is 35.5. The molecule has 0 aliphatic carbocycles. The summed E-state index contributed by atoms with van der Waals surface area (Å²) in [5, 5.41) is 2.47. The van der Waals surface area contributed by atoms with Gasteiger partial charge in [-0.2, -0.15) is 13.2 Å². The monoisotopic (exact) mass is 345 g/mol. The maximum absolute atomic E-state index is 12.3. The maximum atomic E-state index is 12.3. The van der Waals surface area contributed by atoms with Gasteiger partial charge in [-0.05, 0) is 19.3 Å². The van der Waals surface area contributed by atoms with E-state index < -0.39 is 36.7 Å². The van der Waals surface area contributed by atoms with Crippen LogP contribution < -0.4 is 11.1 Å². The van der Waals surface area contributed by atoms with Gasteiger partial charge in [-0.3, -0.25) is 9.59 Å². The molecule has 2 heterocycles. The van der Waals surface area contributed by atoms with E-state index in [4.69, 9.17) is 10.5 Å². The largest absolute Gasteiger partial charge is 0.406 e. The Morgan fingerprint density at radius 1 is 1.36 bits per heavy atom. The minimum atomic E-state index is -4.43. The summed E-state index contributed by atoms with van der Waals surface area (Å²) in [4.78, 5) is 24.4. The van der Waals surface area contributed by atoms with Crippen molar-refractivity contribution in [3.63, 3.8) is 0 Å². The van der Waals surface area contributed by atoms with E-state index in [0.717, 1.165) is 0 Å². The standard InChI is InChI=1S/C12H18F3N3O3.ClH/c13-12(14,15)6-18-4-3-8(11(18)20)17-10(19)9-2-1-7(5-16)21-9;/h7-9H,1-6,16H2,(H,17,19);1H/t7-,8?,9+;/m1./s1. The van der Waals surface area contributed by atoms with Crippen LogP contribution in [0.1, 0.15) is 19.3 Å². The Morgan fingerprint density at radius 3 is 2.59 bits per heavy atom. The van der Waals surface area contributed by atoms with E-state index in [9.17, 15) is 22.8 Å². The summed E-state index contributed by atoms with van der Waals surface area (Å²) in [5.41, 5.74) is 5.43.